The van der Waals surface area contributed by atoms with Crippen molar-refractivity contribution in [3.05, 3.63) is 11.7 Å². The molecule has 1 unspecified atom stereocenters. The van der Waals surface area contributed by atoms with Crippen molar-refractivity contribution in [1.82, 2.24) is 5.32 Å². The van der Waals surface area contributed by atoms with E-state index in [1.807, 2.05) is 0 Å². The second kappa shape index (κ2) is 3.16. The summed E-state index contributed by atoms with van der Waals surface area (Å²) in [5.41, 5.74) is -0.134. The number of hydrogen-bond donors (Lipinski definition) is 1. The molecule has 7 heavy (non-hydrogen) atoms. The van der Waals surface area contributed by atoms with E-state index in [0.29, 0.717) is 5.16 Å². The second-order valence-electron chi connectivity index (χ2n) is 1.17. The molecular weight excluding hydrogens is 133 g/mol. The number of halogens is 2. The first-order valence-electron chi connectivity index (χ1n) is 1.88. The third-order valence-corrected chi connectivity index (χ3v) is 0.574. The van der Waals surface area contributed by atoms with Crippen LogP contribution in [-0.2, 0) is 0 Å². The average molecular weight is 140 g/mol. The first-order chi connectivity index (χ1) is 3.13. The van der Waals surface area contributed by atoms with E-state index >= 15 is 0 Å². The molecule has 1 nitrogen and oxygen atoms in total. The molecule has 42 valence electrons. The molecule has 0 amide bonds. The topological polar surface area (TPSA) is 12.0 Å². The number of alkyl halides is 1. The standard InChI is InChI=1S/C4H7Cl2N/c1-3(5)7-4(2)6/h4,7H,1H2,2H3. The lowest BCUT2D eigenvalue weighted by atomic mass is 10.7. The minimum atomic E-state index is -0.134. The molecule has 1 atom stereocenters. The predicted molar refractivity (Wildman–Crippen MR) is 33.4 cm³/mol. The zero-order valence-corrected chi connectivity index (χ0v) is 5.55. The largest absolute Gasteiger partial charge is 0.361 e. The number of nitrogens with one attached hydrogen (secondary N) is 1. The van der Waals surface area contributed by atoms with Gasteiger partial charge < -0.3 is 5.32 Å². The first kappa shape index (κ1) is 7.12. The van der Waals surface area contributed by atoms with E-state index in [4.69, 9.17) is 23.2 Å². The van der Waals surface area contributed by atoms with Gasteiger partial charge in [-0.25, -0.2) is 0 Å². The van der Waals surface area contributed by atoms with Gasteiger partial charge in [-0.2, -0.15) is 0 Å². The van der Waals surface area contributed by atoms with E-state index in [1.54, 1.807) is 6.92 Å². The van der Waals surface area contributed by atoms with Crippen LogP contribution in [0.2, 0.25) is 0 Å². The number of rotatable bonds is 2. The highest BCUT2D eigenvalue weighted by Crippen LogP contribution is 1.95. The molecule has 0 aromatic rings. The van der Waals surface area contributed by atoms with Gasteiger partial charge in [0.2, 0.25) is 0 Å². The fraction of sp³-hybridized carbons (Fsp3) is 0.500. The van der Waals surface area contributed by atoms with Crippen molar-refractivity contribution in [2.24, 2.45) is 0 Å². The first-order valence-corrected chi connectivity index (χ1v) is 2.69. The minimum absolute atomic E-state index is 0.134. The lowest BCUT2D eigenvalue weighted by molar-refractivity contribution is 0.832. The molecule has 0 spiro atoms. The van der Waals surface area contributed by atoms with Crippen LogP contribution in [0.25, 0.3) is 0 Å². The Morgan fingerprint density at radius 2 is 2.29 bits per heavy atom. The van der Waals surface area contributed by atoms with Crippen LogP contribution in [0.15, 0.2) is 11.7 Å². The zero-order chi connectivity index (χ0) is 5.86. The SMILES string of the molecule is C=C(Cl)NC(C)Cl. The summed E-state index contributed by atoms with van der Waals surface area (Å²) < 4.78 is 0. The maximum absolute atomic E-state index is 5.42. The molecule has 1 N–H and O–H groups in total. The van der Waals surface area contributed by atoms with Gasteiger partial charge in [-0.3, -0.25) is 0 Å². The highest BCUT2D eigenvalue weighted by molar-refractivity contribution is 6.29. The van der Waals surface area contributed by atoms with Gasteiger partial charge in [-0.15, -0.1) is 0 Å². The Morgan fingerprint density at radius 3 is 2.29 bits per heavy atom. The average Bonchev–Trinajstić information content (AvgIpc) is 1.27. The Labute approximate surface area is 53.3 Å². The summed E-state index contributed by atoms with van der Waals surface area (Å²) in [6.07, 6.45) is 0. The van der Waals surface area contributed by atoms with Crippen molar-refractivity contribution < 1.29 is 0 Å². The summed E-state index contributed by atoms with van der Waals surface area (Å²) in [6, 6.07) is 0. The Balaban J connectivity index is 3.13. The van der Waals surface area contributed by atoms with E-state index in [-0.39, 0.29) is 5.50 Å². The fourth-order valence-corrected chi connectivity index (χ4v) is 0.567. The minimum Gasteiger partial charge on any atom is -0.361 e. The zero-order valence-electron chi connectivity index (χ0n) is 4.04. The van der Waals surface area contributed by atoms with Crippen LogP contribution in [0, 0.1) is 0 Å². The summed E-state index contributed by atoms with van der Waals surface area (Å²) in [5, 5.41) is 3.02. The van der Waals surface area contributed by atoms with E-state index in [1.165, 1.54) is 0 Å². The second-order valence-corrected chi connectivity index (χ2v) is 2.28. The summed E-state index contributed by atoms with van der Waals surface area (Å²) in [4.78, 5) is 0. The van der Waals surface area contributed by atoms with Gasteiger partial charge in [0, 0.05) is 0 Å². The Kier molecular flexibility index (Phi) is 3.22. The van der Waals surface area contributed by atoms with Gasteiger partial charge in [0.1, 0.15) is 0 Å². The Morgan fingerprint density at radius 1 is 1.86 bits per heavy atom. The summed E-state index contributed by atoms with van der Waals surface area (Å²) in [7, 11) is 0. The molecule has 0 heterocycles. The van der Waals surface area contributed by atoms with Crippen LogP contribution < -0.4 is 5.32 Å². The molecular formula is C4H7Cl2N. The summed E-state index contributed by atoms with van der Waals surface area (Å²) in [5.74, 6) is 0. The molecule has 3 heteroatoms. The molecule has 0 saturated carbocycles. The van der Waals surface area contributed by atoms with Crippen LogP contribution in [0.3, 0.4) is 0 Å². The van der Waals surface area contributed by atoms with Gasteiger partial charge in [0.05, 0.1) is 10.7 Å². The molecule has 0 fully saturated rings. The molecule has 0 aliphatic heterocycles. The van der Waals surface area contributed by atoms with Gasteiger partial charge in [0.15, 0.2) is 0 Å². The maximum Gasteiger partial charge on any atom is 0.0990 e. The molecule has 0 aromatic carbocycles. The lowest BCUT2D eigenvalue weighted by Crippen LogP contribution is -2.15. The highest BCUT2D eigenvalue weighted by atomic mass is 35.5. The van der Waals surface area contributed by atoms with Crippen LogP contribution in [0.4, 0.5) is 0 Å². The van der Waals surface area contributed by atoms with Crippen molar-refractivity contribution in [2.75, 3.05) is 0 Å². The van der Waals surface area contributed by atoms with Gasteiger partial charge in [-0.05, 0) is 6.92 Å². The quantitative estimate of drug-likeness (QED) is 0.456. The smallest absolute Gasteiger partial charge is 0.0990 e. The van der Waals surface area contributed by atoms with Crippen LogP contribution in [-0.4, -0.2) is 5.50 Å². The maximum atomic E-state index is 5.42. The van der Waals surface area contributed by atoms with Crippen molar-refractivity contribution >= 4 is 23.2 Å². The lowest BCUT2D eigenvalue weighted by Gasteiger charge is -2.02. The highest BCUT2D eigenvalue weighted by Gasteiger charge is 1.90. The van der Waals surface area contributed by atoms with E-state index in [9.17, 15) is 0 Å². The van der Waals surface area contributed by atoms with Crippen LogP contribution in [0.5, 0.6) is 0 Å². The number of hydrogen-bond acceptors (Lipinski definition) is 1. The van der Waals surface area contributed by atoms with Gasteiger partial charge in [-0.1, -0.05) is 29.8 Å². The van der Waals surface area contributed by atoms with Crippen LogP contribution >= 0.6 is 23.2 Å². The monoisotopic (exact) mass is 139 g/mol. The van der Waals surface area contributed by atoms with Crippen molar-refractivity contribution in [3.8, 4) is 0 Å². The van der Waals surface area contributed by atoms with Gasteiger partial charge >= 0.3 is 0 Å². The normalized spacial score (nSPS) is 13.0. The predicted octanol–water partition coefficient (Wildman–Crippen LogP) is 1.87. The molecule has 0 rings (SSSR count). The molecule has 0 aliphatic rings. The third-order valence-electron chi connectivity index (χ3n) is 0.356. The molecule has 0 radical (unpaired) electrons. The summed E-state index contributed by atoms with van der Waals surface area (Å²) >= 11 is 10.7. The molecule has 0 saturated heterocycles. The van der Waals surface area contributed by atoms with E-state index < -0.39 is 0 Å². The van der Waals surface area contributed by atoms with E-state index in [2.05, 4.69) is 11.9 Å². The van der Waals surface area contributed by atoms with E-state index in [0.717, 1.165) is 0 Å². The van der Waals surface area contributed by atoms with Crippen LogP contribution in [0.1, 0.15) is 6.92 Å². The fourth-order valence-electron chi connectivity index (χ4n) is 0.216. The van der Waals surface area contributed by atoms with Crippen molar-refractivity contribution in [3.63, 3.8) is 0 Å². The van der Waals surface area contributed by atoms with Crippen molar-refractivity contribution in [1.29, 1.82) is 0 Å². The Bertz CT molecular complexity index is 70.1. The third kappa shape index (κ3) is 6.12. The molecule has 0 bridgehead atoms. The summed E-state index contributed by atoms with van der Waals surface area (Å²) in [6.45, 7) is 5.14. The molecule has 0 aromatic heterocycles. The Hall–Kier alpha value is 0.120. The van der Waals surface area contributed by atoms with Gasteiger partial charge in [0.25, 0.3) is 0 Å². The van der Waals surface area contributed by atoms with Crippen molar-refractivity contribution in [2.45, 2.75) is 12.4 Å². The molecule has 0 aliphatic carbocycles.